The van der Waals surface area contributed by atoms with Crippen LogP contribution in [0.15, 0.2) is 52.1 Å². The van der Waals surface area contributed by atoms with Crippen molar-refractivity contribution in [3.8, 4) is 10.6 Å². The summed E-state index contributed by atoms with van der Waals surface area (Å²) in [7, 11) is 0. The molecule has 0 bridgehead atoms. The Bertz CT molecular complexity index is 1210. The van der Waals surface area contributed by atoms with Gasteiger partial charge in [0, 0.05) is 28.0 Å². The van der Waals surface area contributed by atoms with Gasteiger partial charge in [0.05, 0.1) is 6.54 Å². The number of hydrogen-bond acceptors (Lipinski definition) is 7. The normalized spacial score (nSPS) is 10.7. The summed E-state index contributed by atoms with van der Waals surface area (Å²) in [4.78, 5) is 39.7. The van der Waals surface area contributed by atoms with Crippen LogP contribution in [0.2, 0.25) is 0 Å². The predicted octanol–water partition coefficient (Wildman–Crippen LogP) is 2.48. The van der Waals surface area contributed by atoms with Crippen LogP contribution < -0.4 is 16.1 Å². The second-order valence-corrected chi connectivity index (χ2v) is 7.49. The minimum atomic E-state index is -0.627. The number of nitrogens with zero attached hydrogens (tertiary/aromatic N) is 2. The molecule has 140 valence electrons. The summed E-state index contributed by atoms with van der Waals surface area (Å²) in [5, 5.41) is 18.3. The fourth-order valence-corrected chi connectivity index (χ4v) is 4.00. The first-order chi connectivity index (χ1) is 13.6. The van der Waals surface area contributed by atoms with Gasteiger partial charge in [0.25, 0.3) is 5.91 Å². The third-order valence-electron chi connectivity index (χ3n) is 3.88. The third-order valence-corrected chi connectivity index (χ3v) is 5.45. The average molecular weight is 411 g/mol. The number of pyridine rings is 1. The van der Waals surface area contributed by atoms with Gasteiger partial charge in [-0.25, -0.2) is 0 Å². The van der Waals surface area contributed by atoms with Crippen LogP contribution in [-0.4, -0.2) is 33.5 Å². The highest BCUT2D eigenvalue weighted by molar-refractivity contribution is 7.19. The molecule has 3 N–H and O–H groups in total. The number of benzene rings is 1. The number of rotatable bonds is 5. The fraction of sp³-hybridized carbons (Fsp3) is 0.0556. The number of carbonyl (C=O) groups excluding carboxylic acids is 2. The first-order valence-corrected chi connectivity index (χ1v) is 9.92. The van der Waals surface area contributed by atoms with Crippen LogP contribution in [0.3, 0.4) is 0 Å². The molecule has 0 aliphatic heterocycles. The lowest BCUT2D eigenvalue weighted by Gasteiger charge is -2.05. The van der Waals surface area contributed by atoms with Gasteiger partial charge in [0.1, 0.15) is 10.6 Å². The maximum absolute atomic E-state index is 12.4. The number of nitrogens with one attached hydrogen (secondary N) is 3. The Labute approximate surface area is 166 Å². The van der Waals surface area contributed by atoms with E-state index in [1.54, 1.807) is 35.6 Å². The second kappa shape index (κ2) is 7.71. The maximum atomic E-state index is 12.4. The largest absolute Gasteiger partial charge is 0.360 e. The van der Waals surface area contributed by atoms with E-state index < -0.39 is 17.2 Å². The number of anilines is 1. The molecule has 0 saturated heterocycles. The van der Waals surface area contributed by atoms with Gasteiger partial charge in [-0.1, -0.05) is 23.5 Å². The molecule has 0 unspecified atom stereocenters. The van der Waals surface area contributed by atoms with Crippen LogP contribution >= 0.6 is 22.7 Å². The lowest BCUT2D eigenvalue weighted by molar-refractivity contribution is -0.115. The molecule has 0 atom stereocenters. The van der Waals surface area contributed by atoms with Crippen molar-refractivity contribution in [1.29, 1.82) is 0 Å². The van der Waals surface area contributed by atoms with E-state index in [2.05, 4.69) is 25.8 Å². The van der Waals surface area contributed by atoms with Crippen molar-refractivity contribution in [2.75, 3.05) is 11.9 Å². The highest BCUT2D eigenvalue weighted by atomic mass is 32.1. The van der Waals surface area contributed by atoms with Gasteiger partial charge in [0.15, 0.2) is 0 Å². The minimum Gasteiger partial charge on any atom is -0.360 e. The Hall–Kier alpha value is -3.37. The summed E-state index contributed by atoms with van der Waals surface area (Å²) < 4.78 is 0. The van der Waals surface area contributed by atoms with Crippen molar-refractivity contribution in [2.24, 2.45) is 0 Å². The summed E-state index contributed by atoms with van der Waals surface area (Å²) in [6.45, 7) is -0.293. The zero-order chi connectivity index (χ0) is 19.5. The van der Waals surface area contributed by atoms with Crippen LogP contribution in [0, 0.1) is 0 Å². The van der Waals surface area contributed by atoms with Gasteiger partial charge in [-0.2, -0.15) is 11.3 Å². The van der Waals surface area contributed by atoms with Gasteiger partial charge >= 0.3 is 0 Å². The van der Waals surface area contributed by atoms with Crippen LogP contribution in [-0.2, 0) is 4.79 Å². The Balaban J connectivity index is 1.39. The summed E-state index contributed by atoms with van der Waals surface area (Å²) in [6.07, 6.45) is 1.34. The van der Waals surface area contributed by atoms with E-state index in [1.165, 1.54) is 17.5 Å². The van der Waals surface area contributed by atoms with Crippen LogP contribution in [0.5, 0.6) is 0 Å². The number of hydrogen-bond donors (Lipinski definition) is 3. The number of fused-ring (bicyclic) bond motifs is 1. The molecule has 0 spiro atoms. The number of carbonyl (C=O) groups is 2. The summed E-state index contributed by atoms with van der Waals surface area (Å²) in [6, 6.07) is 8.81. The van der Waals surface area contributed by atoms with Gasteiger partial charge in [-0.05, 0) is 23.6 Å². The van der Waals surface area contributed by atoms with Gasteiger partial charge in [-0.15, -0.1) is 10.2 Å². The fourth-order valence-electron chi connectivity index (χ4n) is 2.53. The van der Waals surface area contributed by atoms with Gasteiger partial charge < -0.3 is 10.3 Å². The Morgan fingerprint density at radius 3 is 2.82 bits per heavy atom. The zero-order valence-corrected chi connectivity index (χ0v) is 15.9. The van der Waals surface area contributed by atoms with Crippen LogP contribution in [0.1, 0.15) is 10.4 Å². The quantitative estimate of drug-likeness (QED) is 0.466. The molecule has 0 saturated carbocycles. The van der Waals surface area contributed by atoms with Crippen molar-refractivity contribution in [1.82, 2.24) is 20.5 Å². The molecule has 3 heterocycles. The molecule has 0 radical (unpaired) electrons. The zero-order valence-electron chi connectivity index (χ0n) is 14.3. The molecule has 0 fully saturated rings. The summed E-state index contributed by atoms with van der Waals surface area (Å²) in [5.41, 5.74) is 1.13. The predicted molar refractivity (Wildman–Crippen MR) is 109 cm³/mol. The number of para-hydroxylation sites is 1. The molecule has 0 aliphatic carbocycles. The van der Waals surface area contributed by atoms with E-state index in [0.29, 0.717) is 21.0 Å². The summed E-state index contributed by atoms with van der Waals surface area (Å²) in [5.74, 6) is -1.09. The van der Waals surface area contributed by atoms with E-state index in [0.717, 1.165) is 5.56 Å². The Morgan fingerprint density at radius 1 is 1.14 bits per heavy atom. The lowest BCUT2D eigenvalue weighted by Crippen LogP contribution is -2.35. The molecule has 1 aromatic carbocycles. The molecular formula is C18H13N5O3S2. The van der Waals surface area contributed by atoms with Crippen LogP contribution in [0.25, 0.3) is 21.5 Å². The van der Waals surface area contributed by atoms with Crippen molar-refractivity contribution < 1.29 is 9.59 Å². The molecule has 3 aromatic heterocycles. The van der Waals surface area contributed by atoms with Crippen molar-refractivity contribution >= 4 is 50.5 Å². The standard InChI is InChI=1S/C18H13N5O3S2/c24-14(21-18-23-22-17(28-18)10-5-6-27-9-10)8-20-16(26)12-7-19-13-4-2-1-3-11(13)15(12)25/h1-7,9H,8H2,(H,19,25)(H,20,26)(H,21,23,24). The minimum absolute atomic E-state index is 0.0536. The number of H-pyrrole nitrogens is 1. The van der Waals surface area contributed by atoms with Gasteiger partial charge in [0.2, 0.25) is 16.5 Å². The lowest BCUT2D eigenvalue weighted by atomic mass is 10.1. The van der Waals surface area contributed by atoms with Crippen molar-refractivity contribution in [3.05, 3.63) is 63.1 Å². The first kappa shape index (κ1) is 18.0. The van der Waals surface area contributed by atoms with Gasteiger partial charge in [-0.3, -0.25) is 19.7 Å². The van der Waals surface area contributed by atoms with E-state index in [9.17, 15) is 14.4 Å². The van der Waals surface area contributed by atoms with Crippen LogP contribution in [0.4, 0.5) is 5.13 Å². The number of aromatic nitrogens is 3. The molecule has 0 aliphatic rings. The number of aromatic amines is 1. The smallest absolute Gasteiger partial charge is 0.257 e. The Kier molecular flexibility index (Phi) is 4.96. The molecular weight excluding hydrogens is 398 g/mol. The summed E-state index contributed by atoms with van der Waals surface area (Å²) >= 11 is 2.78. The molecule has 10 heteroatoms. The maximum Gasteiger partial charge on any atom is 0.257 e. The Morgan fingerprint density at radius 2 is 2.00 bits per heavy atom. The van der Waals surface area contributed by atoms with Crippen molar-refractivity contribution in [2.45, 2.75) is 0 Å². The highest BCUT2D eigenvalue weighted by Gasteiger charge is 2.15. The monoisotopic (exact) mass is 411 g/mol. The number of thiophene rings is 1. The van der Waals surface area contributed by atoms with E-state index in [-0.39, 0.29) is 12.1 Å². The highest BCUT2D eigenvalue weighted by Crippen LogP contribution is 2.27. The second-order valence-electron chi connectivity index (χ2n) is 5.73. The topological polar surface area (TPSA) is 117 Å². The molecule has 4 aromatic rings. The molecule has 4 rings (SSSR count). The molecule has 8 nitrogen and oxygen atoms in total. The number of amides is 2. The first-order valence-electron chi connectivity index (χ1n) is 8.16. The van der Waals surface area contributed by atoms with Crippen molar-refractivity contribution in [3.63, 3.8) is 0 Å². The van der Waals surface area contributed by atoms with E-state index in [1.807, 2.05) is 16.8 Å². The SMILES string of the molecule is O=C(CNC(=O)c1c[nH]c2ccccc2c1=O)Nc1nnc(-c2ccsc2)s1. The van der Waals surface area contributed by atoms with E-state index >= 15 is 0 Å². The molecule has 2 amide bonds. The third kappa shape index (κ3) is 3.68. The van der Waals surface area contributed by atoms with E-state index in [4.69, 9.17) is 0 Å². The average Bonchev–Trinajstić information content (AvgIpc) is 3.38. The molecule has 28 heavy (non-hydrogen) atoms.